The number of hydrogen-bond acceptors (Lipinski definition) is 4. The van der Waals surface area contributed by atoms with Crippen LogP contribution in [0.5, 0.6) is 0 Å². The first kappa shape index (κ1) is 13.3. The lowest BCUT2D eigenvalue weighted by Crippen LogP contribution is -2.27. The Morgan fingerprint density at radius 3 is 2.53 bits per heavy atom. The Morgan fingerprint density at radius 1 is 1.06 bits per heavy atom. The highest BCUT2D eigenvalue weighted by Crippen LogP contribution is 2.12. The third-order valence-corrected chi connectivity index (χ3v) is 3.37. The average molecular weight is 243 g/mol. The minimum absolute atomic E-state index is 0.356. The smallest absolute Gasteiger partial charge is 0.0809 e. The van der Waals surface area contributed by atoms with Crippen molar-refractivity contribution in [3.05, 3.63) is 0 Å². The summed E-state index contributed by atoms with van der Waals surface area (Å²) in [4.78, 5) is 0. The molecule has 4 heteroatoms. The second-order valence-corrected chi connectivity index (χ2v) is 4.90. The van der Waals surface area contributed by atoms with Crippen LogP contribution in [0.1, 0.15) is 32.1 Å². The van der Waals surface area contributed by atoms with E-state index < -0.39 is 0 Å². The van der Waals surface area contributed by atoms with Crippen molar-refractivity contribution in [3.63, 3.8) is 0 Å². The summed E-state index contributed by atoms with van der Waals surface area (Å²) in [5.74, 6) is 0. The van der Waals surface area contributed by atoms with Crippen LogP contribution in [0, 0.1) is 0 Å². The molecule has 2 aliphatic heterocycles. The number of nitrogens with one attached hydrogen (secondary N) is 1. The standard InChI is InChI=1S/C13H25NO3/c1-4-12(16-8-1)10-14-6-3-7-15-11-13-5-2-9-17-13/h12-14H,1-11H2. The Balaban J connectivity index is 1.33. The number of ether oxygens (including phenoxy) is 3. The summed E-state index contributed by atoms with van der Waals surface area (Å²) in [5, 5.41) is 3.42. The topological polar surface area (TPSA) is 39.7 Å². The highest BCUT2D eigenvalue weighted by atomic mass is 16.5. The first-order chi connectivity index (χ1) is 8.45. The summed E-state index contributed by atoms with van der Waals surface area (Å²) in [7, 11) is 0. The van der Waals surface area contributed by atoms with E-state index in [-0.39, 0.29) is 0 Å². The van der Waals surface area contributed by atoms with Crippen molar-refractivity contribution in [2.45, 2.75) is 44.3 Å². The van der Waals surface area contributed by atoms with E-state index in [0.717, 1.165) is 52.4 Å². The van der Waals surface area contributed by atoms with E-state index >= 15 is 0 Å². The molecule has 4 nitrogen and oxygen atoms in total. The summed E-state index contributed by atoms with van der Waals surface area (Å²) in [6.07, 6.45) is 6.66. The molecular weight excluding hydrogens is 218 g/mol. The summed E-state index contributed by atoms with van der Waals surface area (Å²) in [6, 6.07) is 0. The molecule has 1 N–H and O–H groups in total. The van der Waals surface area contributed by atoms with Crippen LogP contribution in [0.3, 0.4) is 0 Å². The molecule has 0 amide bonds. The van der Waals surface area contributed by atoms with Crippen LogP contribution in [-0.2, 0) is 14.2 Å². The van der Waals surface area contributed by atoms with Gasteiger partial charge in [0.25, 0.3) is 0 Å². The maximum atomic E-state index is 5.59. The molecule has 2 fully saturated rings. The fraction of sp³-hybridized carbons (Fsp3) is 1.00. The molecule has 2 aliphatic rings. The molecule has 0 aromatic rings. The Bertz CT molecular complexity index is 169. The fourth-order valence-corrected chi connectivity index (χ4v) is 2.36. The van der Waals surface area contributed by atoms with Gasteiger partial charge in [-0.05, 0) is 38.6 Å². The normalized spacial score (nSPS) is 28.9. The van der Waals surface area contributed by atoms with E-state index in [1.54, 1.807) is 0 Å². The molecular formula is C13H25NO3. The zero-order chi connectivity index (χ0) is 11.8. The molecule has 2 atom stereocenters. The van der Waals surface area contributed by atoms with Gasteiger partial charge in [0.2, 0.25) is 0 Å². The number of rotatable bonds is 8. The van der Waals surface area contributed by atoms with Gasteiger partial charge >= 0.3 is 0 Å². The minimum Gasteiger partial charge on any atom is -0.379 e. The van der Waals surface area contributed by atoms with Crippen molar-refractivity contribution in [2.24, 2.45) is 0 Å². The van der Waals surface area contributed by atoms with Gasteiger partial charge in [-0.15, -0.1) is 0 Å². The summed E-state index contributed by atoms with van der Waals surface area (Å²) in [6.45, 7) is 5.47. The first-order valence-corrected chi connectivity index (χ1v) is 6.97. The van der Waals surface area contributed by atoms with E-state index in [9.17, 15) is 0 Å². The summed E-state index contributed by atoms with van der Waals surface area (Å²) >= 11 is 0. The molecule has 0 aliphatic carbocycles. The molecule has 2 unspecified atom stereocenters. The highest BCUT2D eigenvalue weighted by Gasteiger charge is 2.15. The van der Waals surface area contributed by atoms with Gasteiger partial charge in [0.15, 0.2) is 0 Å². The van der Waals surface area contributed by atoms with Crippen molar-refractivity contribution < 1.29 is 14.2 Å². The predicted molar refractivity (Wildman–Crippen MR) is 66.3 cm³/mol. The van der Waals surface area contributed by atoms with Crippen LogP contribution >= 0.6 is 0 Å². The summed E-state index contributed by atoms with van der Waals surface area (Å²) in [5.41, 5.74) is 0. The Hall–Kier alpha value is -0.160. The van der Waals surface area contributed by atoms with Crippen LogP contribution in [0.15, 0.2) is 0 Å². The molecule has 100 valence electrons. The quantitative estimate of drug-likeness (QED) is 0.653. The zero-order valence-corrected chi connectivity index (χ0v) is 10.7. The highest BCUT2D eigenvalue weighted by molar-refractivity contribution is 4.67. The molecule has 0 bridgehead atoms. The third-order valence-electron chi connectivity index (χ3n) is 3.37. The molecule has 2 heterocycles. The minimum atomic E-state index is 0.356. The summed E-state index contributed by atoms with van der Waals surface area (Å²) < 4.78 is 16.6. The van der Waals surface area contributed by atoms with Crippen LogP contribution in [0.4, 0.5) is 0 Å². The third kappa shape index (κ3) is 5.34. The molecule has 17 heavy (non-hydrogen) atoms. The predicted octanol–water partition coefficient (Wildman–Crippen LogP) is 1.34. The van der Waals surface area contributed by atoms with E-state index in [0.29, 0.717) is 12.2 Å². The second kappa shape index (κ2) is 8.03. The van der Waals surface area contributed by atoms with Gasteiger partial charge in [0.05, 0.1) is 18.8 Å². The second-order valence-electron chi connectivity index (χ2n) is 4.90. The van der Waals surface area contributed by atoms with Gasteiger partial charge in [-0.25, -0.2) is 0 Å². The van der Waals surface area contributed by atoms with E-state index in [1.165, 1.54) is 19.3 Å². The molecule has 0 radical (unpaired) electrons. The molecule has 2 saturated heterocycles. The van der Waals surface area contributed by atoms with Crippen LogP contribution in [-0.4, -0.2) is 51.7 Å². The lowest BCUT2D eigenvalue weighted by atomic mass is 10.2. The average Bonchev–Trinajstić information content (AvgIpc) is 3.00. The molecule has 0 saturated carbocycles. The fourth-order valence-electron chi connectivity index (χ4n) is 2.36. The van der Waals surface area contributed by atoms with Gasteiger partial charge in [-0.3, -0.25) is 0 Å². The lowest BCUT2D eigenvalue weighted by molar-refractivity contribution is 0.0164. The number of hydrogen-bond donors (Lipinski definition) is 1. The van der Waals surface area contributed by atoms with Crippen LogP contribution in [0.25, 0.3) is 0 Å². The van der Waals surface area contributed by atoms with Gasteiger partial charge in [0.1, 0.15) is 0 Å². The zero-order valence-electron chi connectivity index (χ0n) is 10.7. The van der Waals surface area contributed by atoms with Crippen molar-refractivity contribution in [2.75, 3.05) is 39.5 Å². The SMILES string of the molecule is C(CNCC1CCCO1)COCC1CCCO1. The first-order valence-electron chi connectivity index (χ1n) is 6.97. The lowest BCUT2D eigenvalue weighted by Gasteiger charge is -2.12. The van der Waals surface area contributed by atoms with Crippen molar-refractivity contribution in [3.8, 4) is 0 Å². The molecule has 0 spiro atoms. The van der Waals surface area contributed by atoms with Crippen molar-refractivity contribution in [1.82, 2.24) is 5.32 Å². The molecule has 2 rings (SSSR count). The monoisotopic (exact) mass is 243 g/mol. The van der Waals surface area contributed by atoms with Crippen molar-refractivity contribution >= 4 is 0 Å². The van der Waals surface area contributed by atoms with Gasteiger partial charge in [-0.1, -0.05) is 0 Å². The largest absolute Gasteiger partial charge is 0.379 e. The Kier molecular flexibility index (Phi) is 6.27. The van der Waals surface area contributed by atoms with Crippen molar-refractivity contribution in [1.29, 1.82) is 0 Å². The van der Waals surface area contributed by atoms with E-state index in [2.05, 4.69) is 5.32 Å². The maximum absolute atomic E-state index is 5.59. The Labute approximate surface area is 104 Å². The van der Waals surface area contributed by atoms with Crippen LogP contribution < -0.4 is 5.32 Å². The van der Waals surface area contributed by atoms with Gasteiger partial charge in [0, 0.05) is 26.4 Å². The Morgan fingerprint density at radius 2 is 1.82 bits per heavy atom. The molecule has 0 aromatic carbocycles. The van der Waals surface area contributed by atoms with E-state index in [4.69, 9.17) is 14.2 Å². The van der Waals surface area contributed by atoms with Gasteiger partial charge in [-0.2, -0.15) is 0 Å². The van der Waals surface area contributed by atoms with Crippen LogP contribution in [0.2, 0.25) is 0 Å². The maximum Gasteiger partial charge on any atom is 0.0809 e. The van der Waals surface area contributed by atoms with Gasteiger partial charge < -0.3 is 19.5 Å². The molecule has 0 aromatic heterocycles. The van der Waals surface area contributed by atoms with E-state index in [1.807, 2.05) is 0 Å².